The highest BCUT2D eigenvalue weighted by atomic mass is 16.5. The molecule has 1 aliphatic heterocycles. The van der Waals surface area contributed by atoms with E-state index in [4.69, 9.17) is 21.3 Å². The van der Waals surface area contributed by atoms with E-state index in [9.17, 15) is 24.3 Å². The largest absolute Gasteiger partial charge is 0.481 e. The molecule has 0 spiro atoms. The zero-order valence-corrected chi connectivity index (χ0v) is 18.0. The summed E-state index contributed by atoms with van der Waals surface area (Å²) < 4.78 is 5.65. The predicted molar refractivity (Wildman–Crippen MR) is 119 cm³/mol. The van der Waals surface area contributed by atoms with Crippen molar-refractivity contribution in [3.05, 3.63) is 58.1 Å². The number of nitrogens with two attached hydrogens (primary N) is 2. The Morgan fingerprint density at radius 2 is 1.73 bits per heavy atom. The summed E-state index contributed by atoms with van der Waals surface area (Å²) >= 11 is 0. The number of carbonyl (C=O) groups is 4. The second-order valence-electron chi connectivity index (χ2n) is 8.08. The van der Waals surface area contributed by atoms with Gasteiger partial charge in [0.2, 0.25) is 5.91 Å². The third-order valence-electron chi connectivity index (χ3n) is 5.81. The molecule has 1 amide bonds. The molecule has 2 aromatic rings. The number of primary amides is 1. The van der Waals surface area contributed by atoms with Gasteiger partial charge in [0.1, 0.15) is 5.75 Å². The SMILES string of the molecule is NC(=O)c1cccc2c1CCCCCCc1cc(N)c([C@H](CC(=O)O)C(=O)O)cc1C(=O)O2. The van der Waals surface area contributed by atoms with Crippen LogP contribution >= 0.6 is 0 Å². The lowest BCUT2D eigenvalue weighted by Crippen LogP contribution is -2.20. The van der Waals surface area contributed by atoms with Crippen LogP contribution in [-0.4, -0.2) is 34.0 Å². The number of carboxylic acids is 2. The van der Waals surface area contributed by atoms with Gasteiger partial charge < -0.3 is 26.4 Å². The first kappa shape index (κ1) is 23.8. The molecule has 0 bridgehead atoms. The minimum Gasteiger partial charge on any atom is -0.481 e. The molecule has 2 aromatic carbocycles. The molecule has 9 heteroatoms. The maximum absolute atomic E-state index is 13.2. The smallest absolute Gasteiger partial charge is 0.343 e. The van der Waals surface area contributed by atoms with E-state index < -0.39 is 36.2 Å². The van der Waals surface area contributed by atoms with Crippen molar-refractivity contribution in [2.75, 3.05) is 5.73 Å². The second-order valence-corrected chi connectivity index (χ2v) is 8.08. The number of hydrogen-bond acceptors (Lipinski definition) is 6. The normalized spacial score (nSPS) is 15.1. The molecule has 0 unspecified atom stereocenters. The van der Waals surface area contributed by atoms with Crippen LogP contribution in [0.4, 0.5) is 5.69 Å². The maximum Gasteiger partial charge on any atom is 0.343 e. The average Bonchev–Trinajstić information content (AvgIpc) is 2.74. The van der Waals surface area contributed by atoms with E-state index in [-0.39, 0.29) is 28.1 Å². The summed E-state index contributed by atoms with van der Waals surface area (Å²) in [6.45, 7) is 0. The van der Waals surface area contributed by atoms with Crippen LogP contribution in [0.1, 0.15) is 75.4 Å². The van der Waals surface area contributed by atoms with Gasteiger partial charge in [0, 0.05) is 16.8 Å². The van der Waals surface area contributed by atoms with Gasteiger partial charge in [-0.05, 0) is 61.1 Å². The van der Waals surface area contributed by atoms with E-state index in [2.05, 4.69) is 0 Å². The Labute approximate surface area is 190 Å². The first-order chi connectivity index (χ1) is 15.7. The summed E-state index contributed by atoms with van der Waals surface area (Å²) in [7, 11) is 0. The fourth-order valence-electron chi connectivity index (χ4n) is 4.16. The van der Waals surface area contributed by atoms with Crippen molar-refractivity contribution < 1.29 is 34.1 Å². The molecule has 9 nitrogen and oxygen atoms in total. The Bertz CT molecular complexity index is 1110. The van der Waals surface area contributed by atoms with E-state index in [0.29, 0.717) is 24.0 Å². The molecule has 3 rings (SSSR count). The highest BCUT2D eigenvalue weighted by molar-refractivity contribution is 5.97. The van der Waals surface area contributed by atoms with E-state index in [0.717, 1.165) is 25.7 Å². The number of nitrogen functional groups attached to an aromatic ring is 1. The van der Waals surface area contributed by atoms with Crippen LogP contribution in [-0.2, 0) is 22.4 Å². The highest BCUT2D eigenvalue weighted by Crippen LogP contribution is 2.32. The highest BCUT2D eigenvalue weighted by Gasteiger charge is 2.28. The van der Waals surface area contributed by atoms with E-state index >= 15 is 0 Å². The van der Waals surface area contributed by atoms with Crippen molar-refractivity contribution in [1.29, 1.82) is 0 Å². The summed E-state index contributed by atoms with van der Waals surface area (Å²) in [5, 5.41) is 18.7. The van der Waals surface area contributed by atoms with Gasteiger partial charge in [0.15, 0.2) is 0 Å². The zero-order valence-electron chi connectivity index (χ0n) is 18.0. The molecule has 0 radical (unpaired) electrons. The standard InChI is InChI=1S/C24H26N2O7/c25-19-10-13-6-3-1-2-4-7-14-15(22(26)29)8-5-9-20(14)33-24(32)16(13)11-17(19)18(23(30)31)12-21(27)28/h5,8-11,18H,1-4,6-7,12,25H2,(H2,26,29)(H,27,28)(H,30,31)/t18-/m0/s1. The van der Waals surface area contributed by atoms with E-state index in [1.807, 2.05) is 0 Å². The molecular formula is C24H26N2O7. The molecule has 1 atom stereocenters. The Morgan fingerprint density at radius 3 is 2.36 bits per heavy atom. The van der Waals surface area contributed by atoms with Gasteiger partial charge in [0.05, 0.1) is 17.9 Å². The topological polar surface area (TPSA) is 170 Å². The lowest BCUT2D eigenvalue weighted by Gasteiger charge is -2.19. The lowest BCUT2D eigenvalue weighted by molar-refractivity contribution is -0.145. The van der Waals surface area contributed by atoms with Crippen LogP contribution in [0.3, 0.4) is 0 Å². The van der Waals surface area contributed by atoms with Crippen LogP contribution in [0.5, 0.6) is 5.75 Å². The maximum atomic E-state index is 13.2. The summed E-state index contributed by atoms with van der Waals surface area (Å²) in [6, 6.07) is 7.57. The number of ether oxygens (including phenoxy) is 1. The Kier molecular flexibility index (Phi) is 7.32. The van der Waals surface area contributed by atoms with Gasteiger partial charge in [-0.2, -0.15) is 0 Å². The van der Waals surface area contributed by atoms with Crippen LogP contribution < -0.4 is 16.2 Å². The minimum atomic E-state index is -1.42. The van der Waals surface area contributed by atoms with Crippen LogP contribution in [0.15, 0.2) is 30.3 Å². The van der Waals surface area contributed by atoms with Crippen molar-refractivity contribution >= 4 is 29.5 Å². The number of hydrogen-bond donors (Lipinski definition) is 4. The third kappa shape index (κ3) is 5.49. The van der Waals surface area contributed by atoms with Crippen LogP contribution in [0, 0.1) is 0 Å². The Balaban J connectivity index is 2.11. The summed E-state index contributed by atoms with van der Waals surface area (Å²) in [4.78, 5) is 48.0. The van der Waals surface area contributed by atoms with E-state index in [1.54, 1.807) is 18.2 Å². The van der Waals surface area contributed by atoms with Gasteiger partial charge in [-0.25, -0.2) is 4.79 Å². The van der Waals surface area contributed by atoms with Gasteiger partial charge >= 0.3 is 17.9 Å². The molecule has 0 fully saturated rings. The fraction of sp³-hybridized carbons (Fsp3) is 0.333. The molecule has 6 N–H and O–H groups in total. The fourth-order valence-corrected chi connectivity index (χ4v) is 4.16. The van der Waals surface area contributed by atoms with Crippen molar-refractivity contribution in [3.63, 3.8) is 0 Å². The molecule has 0 aliphatic carbocycles. The number of carbonyl (C=O) groups excluding carboxylic acids is 2. The van der Waals surface area contributed by atoms with Crippen molar-refractivity contribution in [2.45, 2.75) is 50.9 Å². The number of carboxylic acid groups (broad SMARTS) is 2. The molecule has 0 aromatic heterocycles. The molecule has 174 valence electrons. The minimum absolute atomic E-state index is 0.0406. The van der Waals surface area contributed by atoms with Crippen molar-refractivity contribution in [2.24, 2.45) is 5.73 Å². The van der Waals surface area contributed by atoms with Gasteiger partial charge in [-0.3, -0.25) is 14.4 Å². The van der Waals surface area contributed by atoms with E-state index in [1.165, 1.54) is 12.1 Å². The zero-order chi connectivity index (χ0) is 24.1. The quantitative estimate of drug-likeness (QED) is 0.303. The van der Waals surface area contributed by atoms with Crippen LogP contribution in [0.25, 0.3) is 0 Å². The monoisotopic (exact) mass is 454 g/mol. The number of rotatable bonds is 5. The third-order valence-corrected chi connectivity index (χ3v) is 5.81. The molecule has 1 heterocycles. The molecule has 1 aliphatic rings. The number of aryl methyl sites for hydroxylation is 1. The number of benzene rings is 2. The number of fused-ring (bicyclic) bond motifs is 2. The summed E-state index contributed by atoms with van der Waals surface area (Å²) in [5.41, 5.74) is 13.3. The van der Waals surface area contributed by atoms with Gasteiger partial charge in [-0.1, -0.05) is 18.9 Å². The average molecular weight is 454 g/mol. The first-order valence-electron chi connectivity index (χ1n) is 10.7. The number of anilines is 1. The summed E-state index contributed by atoms with van der Waals surface area (Å²) in [5.74, 6) is -5.23. The Morgan fingerprint density at radius 1 is 1.03 bits per heavy atom. The number of esters is 1. The molecule has 33 heavy (non-hydrogen) atoms. The molecule has 0 saturated carbocycles. The van der Waals surface area contributed by atoms with Gasteiger partial charge in [0.25, 0.3) is 0 Å². The lowest BCUT2D eigenvalue weighted by atomic mass is 9.89. The van der Waals surface area contributed by atoms with Crippen LogP contribution in [0.2, 0.25) is 0 Å². The first-order valence-corrected chi connectivity index (χ1v) is 10.7. The number of amides is 1. The van der Waals surface area contributed by atoms with Crippen molar-refractivity contribution in [3.8, 4) is 5.75 Å². The second kappa shape index (κ2) is 10.2. The predicted octanol–water partition coefficient (Wildman–Crippen LogP) is 2.89. The number of aliphatic carboxylic acids is 2. The Hall–Kier alpha value is -3.88. The molecular weight excluding hydrogens is 428 g/mol. The van der Waals surface area contributed by atoms with Crippen molar-refractivity contribution in [1.82, 2.24) is 0 Å². The molecule has 0 saturated heterocycles. The van der Waals surface area contributed by atoms with Gasteiger partial charge in [-0.15, -0.1) is 0 Å². The summed E-state index contributed by atoms with van der Waals surface area (Å²) in [6.07, 6.45) is 3.68.